The standard InChI is InChI=1S/C19H26N4O5/c1-2-3-10-28-17(25)11-15-19(27)21-8-9-23(15)12-16(24)22-14-7-5-4-6-13(14)18(20)26/h4-7,15H,2-3,8-12H2,1H3,(H2,20,26)(H,21,27)(H,22,24). The van der Waals surface area contributed by atoms with E-state index >= 15 is 0 Å². The van der Waals surface area contributed by atoms with Crippen molar-refractivity contribution in [3.8, 4) is 0 Å². The van der Waals surface area contributed by atoms with Gasteiger partial charge < -0.3 is 21.1 Å². The Morgan fingerprint density at radius 2 is 2.07 bits per heavy atom. The van der Waals surface area contributed by atoms with E-state index < -0.39 is 23.8 Å². The zero-order valence-corrected chi connectivity index (χ0v) is 15.9. The van der Waals surface area contributed by atoms with Crippen LogP contribution in [0.15, 0.2) is 24.3 Å². The number of rotatable bonds is 9. The lowest BCUT2D eigenvalue weighted by atomic mass is 10.1. The Kier molecular flexibility index (Phi) is 7.94. The fourth-order valence-electron chi connectivity index (χ4n) is 2.90. The van der Waals surface area contributed by atoms with Gasteiger partial charge in [0, 0.05) is 13.1 Å². The second-order valence-electron chi connectivity index (χ2n) is 6.51. The SMILES string of the molecule is CCCCOC(=O)CC1C(=O)NCCN1CC(=O)Nc1ccccc1C(N)=O. The number of nitrogens with zero attached hydrogens (tertiary/aromatic N) is 1. The highest BCUT2D eigenvalue weighted by Gasteiger charge is 2.33. The topological polar surface area (TPSA) is 131 Å². The van der Waals surface area contributed by atoms with Gasteiger partial charge in [0.25, 0.3) is 5.91 Å². The number of benzene rings is 1. The van der Waals surface area contributed by atoms with E-state index in [0.29, 0.717) is 25.4 Å². The fraction of sp³-hybridized carbons (Fsp3) is 0.474. The fourth-order valence-corrected chi connectivity index (χ4v) is 2.90. The summed E-state index contributed by atoms with van der Waals surface area (Å²) in [7, 11) is 0. The molecular formula is C19H26N4O5. The van der Waals surface area contributed by atoms with Crippen LogP contribution in [0.3, 0.4) is 0 Å². The zero-order chi connectivity index (χ0) is 20.5. The van der Waals surface area contributed by atoms with Gasteiger partial charge in [0.15, 0.2) is 0 Å². The van der Waals surface area contributed by atoms with Crippen LogP contribution in [0, 0.1) is 0 Å². The molecule has 2 rings (SSSR count). The molecule has 0 radical (unpaired) electrons. The summed E-state index contributed by atoms with van der Waals surface area (Å²) < 4.78 is 5.13. The minimum Gasteiger partial charge on any atom is -0.466 e. The number of nitrogens with one attached hydrogen (secondary N) is 2. The number of esters is 1. The summed E-state index contributed by atoms with van der Waals surface area (Å²) in [4.78, 5) is 49.7. The number of carbonyl (C=O) groups is 4. The Labute approximate surface area is 163 Å². The highest BCUT2D eigenvalue weighted by atomic mass is 16.5. The lowest BCUT2D eigenvalue weighted by Crippen LogP contribution is -2.57. The Bertz CT molecular complexity index is 737. The predicted molar refractivity (Wildman–Crippen MR) is 102 cm³/mol. The molecule has 3 amide bonds. The van der Waals surface area contributed by atoms with Gasteiger partial charge in [-0.1, -0.05) is 25.5 Å². The molecule has 1 aromatic rings. The molecule has 1 unspecified atom stereocenters. The van der Waals surface area contributed by atoms with E-state index in [9.17, 15) is 19.2 Å². The first-order chi connectivity index (χ1) is 13.4. The van der Waals surface area contributed by atoms with Crippen molar-refractivity contribution in [3.63, 3.8) is 0 Å². The highest BCUT2D eigenvalue weighted by molar-refractivity contribution is 6.03. The molecule has 0 aliphatic carbocycles. The third kappa shape index (κ3) is 6.05. The van der Waals surface area contributed by atoms with E-state index in [1.165, 1.54) is 6.07 Å². The average molecular weight is 390 g/mol. The Morgan fingerprint density at radius 3 is 2.79 bits per heavy atom. The highest BCUT2D eigenvalue weighted by Crippen LogP contribution is 2.15. The third-order valence-electron chi connectivity index (χ3n) is 4.38. The van der Waals surface area contributed by atoms with Crippen molar-refractivity contribution in [2.75, 3.05) is 31.6 Å². The van der Waals surface area contributed by atoms with Gasteiger partial charge in [0.2, 0.25) is 11.8 Å². The van der Waals surface area contributed by atoms with Crippen molar-refractivity contribution in [2.24, 2.45) is 5.73 Å². The number of para-hydroxylation sites is 1. The molecule has 1 fully saturated rings. The molecule has 1 atom stereocenters. The number of piperazine rings is 1. The Hall–Kier alpha value is -2.94. The van der Waals surface area contributed by atoms with E-state index in [-0.39, 0.29) is 24.4 Å². The smallest absolute Gasteiger partial charge is 0.307 e. The molecular weight excluding hydrogens is 364 g/mol. The van der Waals surface area contributed by atoms with E-state index in [0.717, 1.165) is 12.8 Å². The summed E-state index contributed by atoms with van der Waals surface area (Å²) in [6.07, 6.45) is 1.53. The van der Waals surface area contributed by atoms with E-state index in [4.69, 9.17) is 10.5 Å². The lowest BCUT2D eigenvalue weighted by molar-refractivity contribution is -0.149. The first-order valence-corrected chi connectivity index (χ1v) is 9.28. The number of anilines is 1. The Balaban J connectivity index is 1.99. The van der Waals surface area contributed by atoms with Crippen molar-refractivity contribution in [1.82, 2.24) is 10.2 Å². The number of primary amides is 1. The molecule has 0 saturated carbocycles. The molecule has 1 aliphatic heterocycles. The molecule has 28 heavy (non-hydrogen) atoms. The number of hydrogen-bond acceptors (Lipinski definition) is 6. The number of ether oxygens (including phenoxy) is 1. The Morgan fingerprint density at radius 1 is 1.32 bits per heavy atom. The first kappa shape index (κ1) is 21.4. The largest absolute Gasteiger partial charge is 0.466 e. The van der Waals surface area contributed by atoms with Crippen LogP contribution in [0.1, 0.15) is 36.5 Å². The van der Waals surface area contributed by atoms with Crippen LogP contribution >= 0.6 is 0 Å². The molecule has 1 aromatic carbocycles. The minimum absolute atomic E-state index is 0.104. The normalized spacial score (nSPS) is 16.9. The molecule has 9 nitrogen and oxygen atoms in total. The summed E-state index contributed by atoms with van der Waals surface area (Å²) in [5, 5.41) is 5.34. The van der Waals surface area contributed by atoms with Gasteiger partial charge in [-0.2, -0.15) is 0 Å². The van der Waals surface area contributed by atoms with Crippen LogP contribution in [-0.4, -0.2) is 60.9 Å². The van der Waals surface area contributed by atoms with Crippen molar-refractivity contribution in [2.45, 2.75) is 32.2 Å². The van der Waals surface area contributed by atoms with Gasteiger partial charge in [-0.15, -0.1) is 0 Å². The molecule has 4 N–H and O–H groups in total. The number of hydrogen-bond donors (Lipinski definition) is 3. The summed E-state index contributed by atoms with van der Waals surface area (Å²) >= 11 is 0. The molecule has 0 aromatic heterocycles. The first-order valence-electron chi connectivity index (χ1n) is 9.28. The average Bonchev–Trinajstić information content (AvgIpc) is 2.65. The summed E-state index contributed by atoms with van der Waals surface area (Å²) in [6, 6.07) is 5.63. The van der Waals surface area contributed by atoms with Crippen LogP contribution in [0.4, 0.5) is 5.69 Å². The summed E-state index contributed by atoms with van der Waals surface area (Å²) in [5.74, 6) is -1.85. The molecule has 9 heteroatoms. The van der Waals surface area contributed by atoms with Gasteiger partial charge in [-0.05, 0) is 18.6 Å². The molecule has 0 spiro atoms. The maximum absolute atomic E-state index is 12.5. The molecule has 1 heterocycles. The van der Waals surface area contributed by atoms with E-state index in [1.807, 2.05) is 6.92 Å². The van der Waals surface area contributed by atoms with Gasteiger partial charge in [0.05, 0.1) is 30.8 Å². The van der Waals surface area contributed by atoms with Crippen LogP contribution in [0.25, 0.3) is 0 Å². The number of amides is 3. The van der Waals surface area contributed by atoms with Crippen molar-refractivity contribution >= 4 is 29.4 Å². The van der Waals surface area contributed by atoms with Gasteiger partial charge in [0.1, 0.15) is 6.04 Å². The minimum atomic E-state index is -0.778. The number of carbonyl (C=O) groups excluding carboxylic acids is 4. The molecule has 0 bridgehead atoms. The second-order valence-corrected chi connectivity index (χ2v) is 6.51. The second kappa shape index (κ2) is 10.4. The maximum atomic E-state index is 12.5. The van der Waals surface area contributed by atoms with E-state index in [2.05, 4.69) is 10.6 Å². The monoisotopic (exact) mass is 390 g/mol. The third-order valence-corrected chi connectivity index (χ3v) is 4.38. The number of unbranched alkanes of at least 4 members (excludes halogenated alkanes) is 1. The zero-order valence-electron chi connectivity index (χ0n) is 15.9. The van der Waals surface area contributed by atoms with Crippen LogP contribution in [0.5, 0.6) is 0 Å². The lowest BCUT2D eigenvalue weighted by Gasteiger charge is -2.33. The van der Waals surface area contributed by atoms with Crippen LogP contribution in [0.2, 0.25) is 0 Å². The summed E-state index contributed by atoms with van der Waals surface area (Å²) in [6.45, 7) is 3.00. The van der Waals surface area contributed by atoms with Crippen LogP contribution < -0.4 is 16.4 Å². The number of nitrogens with two attached hydrogens (primary N) is 1. The van der Waals surface area contributed by atoms with Crippen LogP contribution in [-0.2, 0) is 19.1 Å². The summed E-state index contributed by atoms with van der Waals surface area (Å²) in [5.41, 5.74) is 5.81. The maximum Gasteiger partial charge on any atom is 0.307 e. The van der Waals surface area contributed by atoms with Gasteiger partial charge in [-0.3, -0.25) is 24.1 Å². The van der Waals surface area contributed by atoms with Gasteiger partial charge in [-0.25, -0.2) is 0 Å². The van der Waals surface area contributed by atoms with Crippen molar-refractivity contribution in [1.29, 1.82) is 0 Å². The molecule has 152 valence electrons. The van der Waals surface area contributed by atoms with Crippen molar-refractivity contribution < 1.29 is 23.9 Å². The van der Waals surface area contributed by atoms with E-state index in [1.54, 1.807) is 23.1 Å². The molecule has 1 saturated heterocycles. The predicted octanol–water partition coefficient (Wildman–Crippen LogP) is 0.258. The quantitative estimate of drug-likeness (QED) is 0.409. The van der Waals surface area contributed by atoms with Crippen molar-refractivity contribution in [3.05, 3.63) is 29.8 Å². The molecule has 1 aliphatic rings. The van der Waals surface area contributed by atoms with Gasteiger partial charge >= 0.3 is 5.97 Å².